The molecule has 0 radical (unpaired) electrons. The van der Waals surface area contributed by atoms with Gasteiger partial charge in [-0.25, -0.2) is 4.39 Å². The first kappa shape index (κ1) is 16.5. The Labute approximate surface area is 121 Å². The van der Waals surface area contributed by atoms with Gasteiger partial charge < -0.3 is 5.32 Å². The van der Waals surface area contributed by atoms with Crippen molar-refractivity contribution < 1.29 is 4.39 Å². The van der Waals surface area contributed by atoms with Gasteiger partial charge in [-0.3, -0.25) is 0 Å². The minimum Gasteiger partial charge on any atom is -0.312 e. The fourth-order valence-electron chi connectivity index (χ4n) is 1.92. The summed E-state index contributed by atoms with van der Waals surface area (Å²) < 4.78 is 13.9. The Morgan fingerprint density at radius 3 is 2.32 bits per heavy atom. The molecule has 0 amide bonds. The average Bonchev–Trinajstić information content (AvgIpc) is 2.30. The van der Waals surface area contributed by atoms with Gasteiger partial charge in [-0.15, -0.1) is 0 Å². The molecule has 0 fully saturated rings. The van der Waals surface area contributed by atoms with E-state index in [0.29, 0.717) is 5.02 Å². The van der Waals surface area contributed by atoms with E-state index in [2.05, 4.69) is 39.9 Å². The van der Waals surface area contributed by atoms with E-state index < -0.39 is 0 Å². The molecular formula is C16H25ClFN. The summed E-state index contributed by atoms with van der Waals surface area (Å²) in [6, 6.07) is 4.94. The van der Waals surface area contributed by atoms with Crippen LogP contribution in [-0.4, -0.2) is 12.1 Å². The monoisotopic (exact) mass is 285 g/mol. The highest BCUT2D eigenvalue weighted by Crippen LogP contribution is 2.28. The molecule has 0 heterocycles. The van der Waals surface area contributed by atoms with Crippen molar-refractivity contribution in [3.05, 3.63) is 34.6 Å². The lowest BCUT2D eigenvalue weighted by atomic mass is 9.80. The minimum absolute atomic E-state index is 0.0436. The molecule has 1 rings (SSSR count). The van der Waals surface area contributed by atoms with Gasteiger partial charge in [0, 0.05) is 17.1 Å². The minimum atomic E-state index is -0.206. The predicted molar refractivity (Wildman–Crippen MR) is 81.3 cm³/mol. The van der Waals surface area contributed by atoms with Crippen LogP contribution in [0, 0.1) is 11.2 Å². The van der Waals surface area contributed by atoms with Gasteiger partial charge in [-0.2, -0.15) is 0 Å². The molecule has 19 heavy (non-hydrogen) atoms. The van der Waals surface area contributed by atoms with E-state index in [1.807, 2.05) is 0 Å². The topological polar surface area (TPSA) is 12.0 Å². The van der Waals surface area contributed by atoms with Gasteiger partial charge >= 0.3 is 0 Å². The third-order valence-corrected chi connectivity index (χ3v) is 3.77. The Morgan fingerprint density at radius 1 is 1.21 bits per heavy atom. The number of halogens is 2. The second kappa shape index (κ2) is 6.23. The van der Waals surface area contributed by atoms with Crippen LogP contribution in [0.15, 0.2) is 18.2 Å². The van der Waals surface area contributed by atoms with Gasteiger partial charge in [0.2, 0.25) is 0 Å². The van der Waals surface area contributed by atoms with Gasteiger partial charge in [-0.1, -0.05) is 31.5 Å². The molecule has 0 bridgehead atoms. The quantitative estimate of drug-likeness (QED) is 0.817. The second-order valence-corrected chi connectivity index (χ2v) is 7.12. The molecule has 0 spiro atoms. The normalized spacial score (nSPS) is 15.3. The predicted octanol–water partition coefficient (Wildman–Crippen LogP) is 4.83. The van der Waals surface area contributed by atoms with Crippen LogP contribution in [0.2, 0.25) is 5.02 Å². The summed E-state index contributed by atoms with van der Waals surface area (Å²) in [5.74, 6) is -0.206. The van der Waals surface area contributed by atoms with E-state index in [4.69, 9.17) is 11.6 Å². The van der Waals surface area contributed by atoms with Crippen LogP contribution in [0.3, 0.4) is 0 Å². The summed E-state index contributed by atoms with van der Waals surface area (Å²) in [4.78, 5) is 0. The molecule has 0 aliphatic carbocycles. The Morgan fingerprint density at radius 2 is 1.84 bits per heavy atom. The van der Waals surface area contributed by atoms with Crippen LogP contribution >= 0.6 is 11.6 Å². The molecule has 0 saturated heterocycles. The van der Waals surface area contributed by atoms with Gasteiger partial charge in [0.25, 0.3) is 0 Å². The zero-order valence-electron chi connectivity index (χ0n) is 12.6. The molecule has 1 unspecified atom stereocenters. The van der Waals surface area contributed by atoms with Crippen molar-refractivity contribution >= 4 is 11.6 Å². The van der Waals surface area contributed by atoms with Crippen molar-refractivity contribution in [1.29, 1.82) is 0 Å². The molecular weight excluding hydrogens is 261 g/mol. The largest absolute Gasteiger partial charge is 0.312 e. The molecule has 1 nitrogen and oxygen atoms in total. The maximum Gasteiger partial charge on any atom is 0.127 e. The van der Waals surface area contributed by atoms with Crippen LogP contribution < -0.4 is 5.32 Å². The molecule has 0 saturated carbocycles. The highest BCUT2D eigenvalue weighted by molar-refractivity contribution is 6.30. The molecule has 1 aromatic rings. The van der Waals surface area contributed by atoms with E-state index in [-0.39, 0.29) is 16.8 Å². The summed E-state index contributed by atoms with van der Waals surface area (Å²) in [6.07, 6.45) is 1.72. The lowest BCUT2D eigenvalue weighted by molar-refractivity contribution is 0.252. The summed E-state index contributed by atoms with van der Waals surface area (Å²) in [7, 11) is 0. The number of hydrogen-bond donors (Lipinski definition) is 1. The van der Waals surface area contributed by atoms with Crippen molar-refractivity contribution in [2.45, 2.75) is 53.0 Å². The molecule has 108 valence electrons. The van der Waals surface area contributed by atoms with Crippen LogP contribution in [0.5, 0.6) is 0 Å². The van der Waals surface area contributed by atoms with E-state index in [1.54, 1.807) is 12.1 Å². The summed E-state index contributed by atoms with van der Waals surface area (Å²) in [5.41, 5.74) is 0.862. The first-order chi connectivity index (χ1) is 8.65. The molecule has 0 aromatic heterocycles. The summed E-state index contributed by atoms with van der Waals surface area (Å²) in [6.45, 7) is 11.6. The van der Waals surface area contributed by atoms with Gasteiger partial charge in [-0.05, 0) is 56.7 Å². The van der Waals surface area contributed by atoms with Crippen LogP contribution in [0.1, 0.15) is 46.6 Å². The van der Waals surface area contributed by atoms with Crippen LogP contribution in [-0.2, 0) is 6.42 Å². The lowest BCUT2D eigenvalue weighted by Gasteiger charge is -2.33. The molecule has 1 aromatic carbocycles. The van der Waals surface area contributed by atoms with Crippen molar-refractivity contribution in [3.63, 3.8) is 0 Å². The zero-order valence-corrected chi connectivity index (χ0v) is 13.4. The zero-order chi connectivity index (χ0) is 14.7. The Bertz CT molecular complexity index is 425. The lowest BCUT2D eigenvalue weighted by Crippen LogP contribution is -2.43. The molecule has 1 N–H and O–H groups in total. The Balaban J connectivity index is 2.80. The second-order valence-electron chi connectivity index (χ2n) is 6.68. The van der Waals surface area contributed by atoms with Crippen molar-refractivity contribution in [2.75, 3.05) is 6.54 Å². The SMILES string of the molecule is CCC(C)(CNC(C)(C)C)Cc1ccc(Cl)cc1F. The molecule has 0 aliphatic rings. The third kappa shape index (κ3) is 5.50. The average molecular weight is 286 g/mol. The highest BCUT2D eigenvalue weighted by Gasteiger charge is 2.25. The maximum absolute atomic E-state index is 13.9. The standard InChI is InChI=1S/C16H25ClFN/c1-6-16(5,11-19-15(2,3)4)10-12-7-8-13(17)9-14(12)18/h7-9,19H,6,10-11H2,1-5H3. The van der Waals surface area contributed by atoms with Gasteiger partial charge in [0.05, 0.1) is 0 Å². The third-order valence-electron chi connectivity index (χ3n) is 3.53. The Hall–Kier alpha value is -0.600. The van der Waals surface area contributed by atoms with E-state index in [0.717, 1.165) is 24.9 Å². The van der Waals surface area contributed by atoms with Crippen molar-refractivity contribution in [2.24, 2.45) is 5.41 Å². The van der Waals surface area contributed by atoms with Gasteiger partial charge in [0.1, 0.15) is 5.82 Å². The molecule has 1 atom stereocenters. The number of rotatable bonds is 5. The highest BCUT2D eigenvalue weighted by atomic mass is 35.5. The maximum atomic E-state index is 13.9. The fourth-order valence-corrected chi connectivity index (χ4v) is 2.07. The summed E-state index contributed by atoms with van der Waals surface area (Å²) >= 11 is 5.79. The van der Waals surface area contributed by atoms with Gasteiger partial charge in [0.15, 0.2) is 0 Å². The first-order valence-corrected chi connectivity index (χ1v) is 7.22. The first-order valence-electron chi connectivity index (χ1n) is 6.84. The van der Waals surface area contributed by atoms with E-state index >= 15 is 0 Å². The van der Waals surface area contributed by atoms with Crippen LogP contribution in [0.25, 0.3) is 0 Å². The van der Waals surface area contributed by atoms with Crippen LogP contribution in [0.4, 0.5) is 4.39 Å². The Kier molecular flexibility index (Phi) is 5.40. The van der Waals surface area contributed by atoms with E-state index in [1.165, 1.54) is 6.07 Å². The molecule has 0 aliphatic heterocycles. The number of hydrogen-bond acceptors (Lipinski definition) is 1. The number of nitrogens with one attached hydrogen (secondary N) is 1. The van der Waals surface area contributed by atoms with E-state index in [9.17, 15) is 4.39 Å². The van der Waals surface area contributed by atoms with Crippen molar-refractivity contribution in [1.82, 2.24) is 5.32 Å². The van der Waals surface area contributed by atoms with Crippen molar-refractivity contribution in [3.8, 4) is 0 Å². The smallest absolute Gasteiger partial charge is 0.127 e. The molecule has 3 heteroatoms. The number of benzene rings is 1. The summed E-state index contributed by atoms with van der Waals surface area (Å²) in [5, 5.41) is 3.97. The fraction of sp³-hybridized carbons (Fsp3) is 0.625.